The van der Waals surface area contributed by atoms with Crippen LogP contribution in [0.2, 0.25) is 10.0 Å². The van der Waals surface area contributed by atoms with Gasteiger partial charge in [0.05, 0.1) is 16.0 Å². The van der Waals surface area contributed by atoms with E-state index >= 15 is 0 Å². The smallest absolute Gasteiger partial charge is 0.321 e. The molecule has 1 unspecified atom stereocenters. The summed E-state index contributed by atoms with van der Waals surface area (Å²) in [6, 6.07) is 4.98. The second-order valence-electron chi connectivity index (χ2n) is 3.56. The van der Waals surface area contributed by atoms with Crippen LogP contribution in [-0.4, -0.2) is 11.9 Å². The number of hydrogen-bond donors (Lipinski definition) is 0. The Kier molecular flexibility index (Phi) is 3.17. The Bertz CT molecular complexity index is 457. The summed E-state index contributed by atoms with van der Waals surface area (Å²) in [5, 5.41) is 0.828. The maximum absolute atomic E-state index is 11.5. The van der Waals surface area contributed by atoms with Crippen LogP contribution >= 0.6 is 23.2 Å². The summed E-state index contributed by atoms with van der Waals surface area (Å²) in [5.41, 5.74) is 0.729. The van der Waals surface area contributed by atoms with E-state index in [1.165, 1.54) is 0 Å². The van der Waals surface area contributed by atoms with E-state index in [2.05, 4.69) is 4.74 Å². The first-order valence-corrected chi connectivity index (χ1v) is 5.53. The molecule has 0 aromatic heterocycles. The molecule has 1 aromatic carbocycles. The van der Waals surface area contributed by atoms with E-state index in [9.17, 15) is 9.59 Å². The average Bonchev–Trinajstić information content (AvgIpc) is 2.22. The summed E-state index contributed by atoms with van der Waals surface area (Å²) >= 11 is 11.6. The monoisotopic (exact) mass is 258 g/mol. The minimum atomic E-state index is -0.519. The van der Waals surface area contributed by atoms with E-state index in [4.69, 9.17) is 23.2 Å². The van der Waals surface area contributed by atoms with Crippen molar-refractivity contribution >= 4 is 35.1 Å². The van der Waals surface area contributed by atoms with Gasteiger partial charge in [-0.05, 0) is 24.1 Å². The molecular formula is C11H8Cl2O3. The van der Waals surface area contributed by atoms with Crippen LogP contribution in [0.1, 0.15) is 24.3 Å². The summed E-state index contributed by atoms with van der Waals surface area (Å²) < 4.78 is 4.57. The topological polar surface area (TPSA) is 43.4 Å². The van der Waals surface area contributed by atoms with Crippen molar-refractivity contribution in [1.82, 2.24) is 0 Å². The van der Waals surface area contributed by atoms with Gasteiger partial charge in [-0.3, -0.25) is 9.59 Å². The van der Waals surface area contributed by atoms with Gasteiger partial charge >= 0.3 is 11.9 Å². The molecule has 1 saturated heterocycles. The highest BCUT2D eigenvalue weighted by atomic mass is 35.5. The number of ether oxygens (including phenoxy) is 1. The second kappa shape index (κ2) is 4.44. The Labute approximate surface area is 102 Å². The maximum Gasteiger partial charge on any atom is 0.321 e. The van der Waals surface area contributed by atoms with Crippen molar-refractivity contribution in [3.63, 3.8) is 0 Å². The zero-order valence-corrected chi connectivity index (χ0v) is 9.72. The van der Waals surface area contributed by atoms with Gasteiger partial charge in [0.15, 0.2) is 0 Å². The predicted octanol–water partition coefficient (Wildman–Crippen LogP) is 2.94. The fourth-order valence-electron chi connectivity index (χ4n) is 1.65. The van der Waals surface area contributed by atoms with Gasteiger partial charge in [-0.15, -0.1) is 0 Å². The molecule has 0 N–H and O–H groups in total. The van der Waals surface area contributed by atoms with Crippen LogP contribution < -0.4 is 0 Å². The molecular weight excluding hydrogens is 251 g/mol. The van der Waals surface area contributed by atoms with Gasteiger partial charge in [0, 0.05) is 6.42 Å². The van der Waals surface area contributed by atoms with Crippen molar-refractivity contribution in [2.24, 2.45) is 0 Å². The van der Waals surface area contributed by atoms with Gasteiger partial charge in [-0.1, -0.05) is 29.3 Å². The first-order valence-electron chi connectivity index (χ1n) is 4.77. The van der Waals surface area contributed by atoms with Gasteiger partial charge < -0.3 is 4.74 Å². The number of benzene rings is 1. The fourth-order valence-corrected chi connectivity index (χ4v) is 1.95. The highest BCUT2D eigenvalue weighted by Crippen LogP contribution is 2.31. The van der Waals surface area contributed by atoms with E-state index in [-0.39, 0.29) is 6.42 Å². The standard InChI is InChI=1S/C11H8Cl2O3/c12-8-3-1-6(5-9(8)13)7-2-4-10(14)16-11(7)15/h1,3,5,7H,2,4H2. The molecule has 84 valence electrons. The molecule has 1 aromatic rings. The molecule has 1 heterocycles. The molecule has 0 saturated carbocycles. The number of halogens is 2. The molecule has 1 aliphatic heterocycles. The lowest BCUT2D eigenvalue weighted by Crippen LogP contribution is -2.26. The number of rotatable bonds is 1. The van der Waals surface area contributed by atoms with Crippen LogP contribution in [0.4, 0.5) is 0 Å². The van der Waals surface area contributed by atoms with E-state index in [0.29, 0.717) is 16.5 Å². The Morgan fingerprint density at radius 3 is 2.56 bits per heavy atom. The fraction of sp³-hybridized carbons (Fsp3) is 0.273. The quantitative estimate of drug-likeness (QED) is 0.575. The lowest BCUT2D eigenvalue weighted by atomic mass is 9.93. The zero-order valence-electron chi connectivity index (χ0n) is 8.20. The number of cyclic esters (lactones) is 2. The maximum atomic E-state index is 11.5. The molecule has 0 bridgehead atoms. The largest absolute Gasteiger partial charge is 0.393 e. The third-order valence-corrected chi connectivity index (χ3v) is 3.22. The van der Waals surface area contributed by atoms with Crippen LogP contribution in [0.3, 0.4) is 0 Å². The van der Waals surface area contributed by atoms with Crippen molar-refractivity contribution in [2.45, 2.75) is 18.8 Å². The van der Waals surface area contributed by atoms with Crippen LogP contribution in [0, 0.1) is 0 Å². The third-order valence-electron chi connectivity index (χ3n) is 2.48. The number of carbonyl (C=O) groups is 2. The summed E-state index contributed by atoms with van der Waals surface area (Å²) in [4.78, 5) is 22.4. The van der Waals surface area contributed by atoms with E-state index in [0.717, 1.165) is 5.56 Å². The lowest BCUT2D eigenvalue weighted by molar-refractivity contribution is -0.164. The zero-order chi connectivity index (χ0) is 11.7. The minimum Gasteiger partial charge on any atom is -0.393 e. The molecule has 1 fully saturated rings. The van der Waals surface area contributed by atoms with Crippen LogP contribution in [-0.2, 0) is 14.3 Å². The molecule has 3 nitrogen and oxygen atoms in total. The summed E-state index contributed by atoms with van der Waals surface area (Å²) in [5.74, 6) is -1.41. The first-order chi connectivity index (χ1) is 7.58. The SMILES string of the molecule is O=C1CCC(c2ccc(Cl)c(Cl)c2)C(=O)O1. The molecule has 1 atom stereocenters. The van der Waals surface area contributed by atoms with E-state index in [1.807, 2.05) is 0 Å². The van der Waals surface area contributed by atoms with Gasteiger partial charge in [0.2, 0.25) is 0 Å². The Morgan fingerprint density at radius 1 is 1.19 bits per heavy atom. The lowest BCUT2D eigenvalue weighted by Gasteiger charge is -2.19. The van der Waals surface area contributed by atoms with Gasteiger partial charge in [0.1, 0.15) is 0 Å². The predicted molar refractivity (Wildman–Crippen MR) is 59.5 cm³/mol. The molecule has 0 spiro atoms. The Hall–Kier alpha value is -1.06. The third kappa shape index (κ3) is 2.20. The second-order valence-corrected chi connectivity index (χ2v) is 4.37. The molecule has 16 heavy (non-hydrogen) atoms. The summed E-state index contributed by atoms with van der Waals surface area (Å²) in [7, 11) is 0. The normalized spacial score (nSPS) is 20.8. The Morgan fingerprint density at radius 2 is 1.94 bits per heavy atom. The van der Waals surface area contributed by atoms with Crippen molar-refractivity contribution in [3.05, 3.63) is 33.8 Å². The van der Waals surface area contributed by atoms with Gasteiger partial charge in [0.25, 0.3) is 0 Å². The molecule has 1 aliphatic rings. The first kappa shape index (κ1) is 11.4. The number of hydrogen-bond acceptors (Lipinski definition) is 3. The van der Waals surface area contributed by atoms with Crippen LogP contribution in [0.5, 0.6) is 0 Å². The van der Waals surface area contributed by atoms with Crippen molar-refractivity contribution in [1.29, 1.82) is 0 Å². The Balaban J connectivity index is 2.27. The van der Waals surface area contributed by atoms with E-state index in [1.54, 1.807) is 18.2 Å². The molecule has 2 rings (SSSR count). The van der Waals surface area contributed by atoms with E-state index < -0.39 is 17.9 Å². The highest BCUT2D eigenvalue weighted by Gasteiger charge is 2.30. The molecule has 5 heteroatoms. The molecule has 0 aliphatic carbocycles. The van der Waals surface area contributed by atoms with Gasteiger partial charge in [-0.2, -0.15) is 0 Å². The average molecular weight is 259 g/mol. The number of carbonyl (C=O) groups excluding carboxylic acids is 2. The minimum absolute atomic E-state index is 0.247. The summed E-state index contributed by atoms with van der Waals surface area (Å²) in [6.07, 6.45) is 0.701. The van der Waals surface area contributed by atoms with Gasteiger partial charge in [-0.25, -0.2) is 0 Å². The van der Waals surface area contributed by atoms with Crippen molar-refractivity contribution < 1.29 is 14.3 Å². The number of esters is 2. The summed E-state index contributed by atoms with van der Waals surface area (Å²) in [6.45, 7) is 0. The van der Waals surface area contributed by atoms with Crippen LogP contribution in [0.15, 0.2) is 18.2 Å². The highest BCUT2D eigenvalue weighted by molar-refractivity contribution is 6.42. The van der Waals surface area contributed by atoms with Crippen molar-refractivity contribution in [3.8, 4) is 0 Å². The molecule has 0 amide bonds. The van der Waals surface area contributed by atoms with Crippen molar-refractivity contribution in [2.75, 3.05) is 0 Å². The van der Waals surface area contributed by atoms with Crippen LogP contribution in [0.25, 0.3) is 0 Å². The molecule has 0 radical (unpaired) electrons.